The third-order valence-electron chi connectivity index (χ3n) is 2.37. The molecule has 1 heterocycles. The summed E-state index contributed by atoms with van der Waals surface area (Å²) in [6, 6.07) is 4.93. The number of benzene rings is 1. The van der Waals surface area contributed by atoms with E-state index in [1.54, 1.807) is 18.2 Å². The molecule has 0 fully saturated rings. The highest BCUT2D eigenvalue weighted by atomic mass is 16.5. The molecule has 0 saturated carbocycles. The number of aromatic hydroxyl groups is 1. The molecule has 1 aromatic rings. The molecule has 1 aliphatic carbocycles. The van der Waals surface area contributed by atoms with E-state index in [0.29, 0.717) is 5.75 Å². The summed E-state index contributed by atoms with van der Waals surface area (Å²) in [7, 11) is 0. The van der Waals surface area contributed by atoms with Crippen molar-refractivity contribution in [3.05, 3.63) is 42.2 Å². The zero-order valence-electron chi connectivity index (χ0n) is 7.97. The van der Waals surface area contributed by atoms with Gasteiger partial charge in [0, 0.05) is 6.07 Å². The Morgan fingerprint density at radius 1 is 1.33 bits per heavy atom. The maximum atomic E-state index is 9.32. The van der Waals surface area contributed by atoms with Crippen LogP contribution < -0.4 is 4.74 Å². The number of ether oxygens (including phenoxy) is 1. The molecule has 0 amide bonds. The van der Waals surface area contributed by atoms with Gasteiger partial charge in [0.15, 0.2) is 5.75 Å². The lowest BCUT2D eigenvalue weighted by molar-refractivity contribution is 0.435. The molecule has 3 rings (SSSR count). The van der Waals surface area contributed by atoms with Crippen LogP contribution >= 0.6 is 0 Å². The minimum absolute atomic E-state index is 0.194. The van der Waals surface area contributed by atoms with E-state index in [0.717, 1.165) is 23.6 Å². The summed E-state index contributed by atoms with van der Waals surface area (Å²) in [5, 5.41) is 9.32. The Bertz CT molecular complexity index is 512. The second kappa shape index (κ2) is 2.98. The van der Waals surface area contributed by atoms with E-state index in [2.05, 4.69) is 4.99 Å². The summed E-state index contributed by atoms with van der Waals surface area (Å²) in [6.07, 6.45) is 6.83. The number of rotatable bonds is 0. The molecule has 0 radical (unpaired) electrons. The molecular weight excluding hydrogens is 190 g/mol. The SMILES string of the molecule is Oc1ccc2c(c1)OC1=CCC=CC1=N2. The summed E-state index contributed by atoms with van der Waals surface area (Å²) in [5.74, 6) is 1.58. The first kappa shape index (κ1) is 8.29. The molecule has 2 aliphatic rings. The van der Waals surface area contributed by atoms with Gasteiger partial charge in [0.25, 0.3) is 0 Å². The van der Waals surface area contributed by atoms with Crippen molar-refractivity contribution in [3.8, 4) is 11.5 Å². The normalized spacial score (nSPS) is 17.1. The maximum absolute atomic E-state index is 9.32. The Morgan fingerprint density at radius 3 is 3.20 bits per heavy atom. The van der Waals surface area contributed by atoms with Crippen molar-refractivity contribution in [2.24, 2.45) is 4.99 Å². The summed E-state index contributed by atoms with van der Waals surface area (Å²) in [6.45, 7) is 0. The predicted octanol–water partition coefficient (Wildman–Crippen LogP) is 2.70. The second-order valence-corrected chi connectivity index (χ2v) is 3.46. The van der Waals surface area contributed by atoms with Crippen LogP contribution in [-0.4, -0.2) is 10.8 Å². The zero-order valence-corrected chi connectivity index (χ0v) is 7.97. The largest absolute Gasteiger partial charge is 0.508 e. The third-order valence-corrected chi connectivity index (χ3v) is 2.37. The van der Waals surface area contributed by atoms with Crippen molar-refractivity contribution >= 4 is 11.4 Å². The standard InChI is InChI=1S/C12H9NO2/c14-8-5-6-10-12(7-8)15-11-4-2-1-3-9(11)13-10/h1,3-7,14H,2H2. The molecule has 0 saturated heterocycles. The van der Waals surface area contributed by atoms with Crippen LogP contribution in [0.2, 0.25) is 0 Å². The predicted molar refractivity (Wildman–Crippen MR) is 57.7 cm³/mol. The Labute approximate surface area is 87.0 Å². The Kier molecular flexibility index (Phi) is 1.65. The van der Waals surface area contributed by atoms with Gasteiger partial charge < -0.3 is 9.84 Å². The summed E-state index contributed by atoms with van der Waals surface area (Å²) in [4.78, 5) is 4.43. The van der Waals surface area contributed by atoms with Gasteiger partial charge in [0.2, 0.25) is 0 Å². The minimum Gasteiger partial charge on any atom is -0.508 e. The highest BCUT2D eigenvalue weighted by Gasteiger charge is 2.18. The van der Waals surface area contributed by atoms with Crippen molar-refractivity contribution in [2.75, 3.05) is 0 Å². The van der Waals surface area contributed by atoms with E-state index < -0.39 is 0 Å². The van der Waals surface area contributed by atoms with E-state index in [9.17, 15) is 5.11 Å². The van der Waals surface area contributed by atoms with Crippen LogP contribution in [0.5, 0.6) is 11.5 Å². The second-order valence-electron chi connectivity index (χ2n) is 3.46. The number of fused-ring (bicyclic) bond motifs is 2. The molecule has 1 aromatic carbocycles. The zero-order chi connectivity index (χ0) is 10.3. The highest BCUT2D eigenvalue weighted by molar-refractivity contribution is 6.10. The van der Waals surface area contributed by atoms with Gasteiger partial charge in [0.1, 0.15) is 22.9 Å². The molecule has 3 nitrogen and oxygen atoms in total. The van der Waals surface area contributed by atoms with Crippen molar-refractivity contribution in [1.29, 1.82) is 0 Å². The molecular formula is C12H9NO2. The first-order chi connectivity index (χ1) is 7.33. The smallest absolute Gasteiger partial charge is 0.156 e. The minimum atomic E-state index is 0.194. The first-order valence-corrected chi connectivity index (χ1v) is 4.79. The lowest BCUT2D eigenvalue weighted by Gasteiger charge is -2.19. The number of nitrogens with zero attached hydrogens (tertiary/aromatic N) is 1. The Morgan fingerprint density at radius 2 is 2.27 bits per heavy atom. The fourth-order valence-corrected chi connectivity index (χ4v) is 1.65. The molecule has 0 bridgehead atoms. The molecule has 0 aromatic heterocycles. The molecule has 0 spiro atoms. The van der Waals surface area contributed by atoms with Crippen molar-refractivity contribution in [2.45, 2.75) is 6.42 Å². The maximum Gasteiger partial charge on any atom is 0.156 e. The number of phenols is 1. The quantitative estimate of drug-likeness (QED) is 0.698. The van der Waals surface area contributed by atoms with Gasteiger partial charge >= 0.3 is 0 Å². The van der Waals surface area contributed by atoms with Gasteiger partial charge in [-0.15, -0.1) is 0 Å². The molecule has 15 heavy (non-hydrogen) atoms. The summed E-state index contributed by atoms with van der Waals surface area (Å²) < 4.78 is 5.64. The van der Waals surface area contributed by atoms with Gasteiger partial charge in [-0.05, 0) is 30.7 Å². The molecule has 1 aliphatic heterocycles. The lowest BCUT2D eigenvalue weighted by atomic mass is 10.1. The van der Waals surface area contributed by atoms with Crippen LogP contribution in [0.25, 0.3) is 0 Å². The molecule has 74 valence electrons. The van der Waals surface area contributed by atoms with E-state index >= 15 is 0 Å². The average Bonchev–Trinajstić information content (AvgIpc) is 2.26. The van der Waals surface area contributed by atoms with E-state index in [4.69, 9.17) is 4.74 Å². The van der Waals surface area contributed by atoms with Crippen LogP contribution in [0.3, 0.4) is 0 Å². The molecule has 1 N–H and O–H groups in total. The van der Waals surface area contributed by atoms with Gasteiger partial charge in [-0.25, -0.2) is 4.99 Å². The van der Waals surface area contributed by atoms with Gasteiger partial charge in [-0.2, -0.15) is 0 Å². The summed E-state index contributed by atoms with van der Waals surface area (Å²) >= 11 is 0. The fraction of sp³-hybridized carbons (Fsp3) is 0.0833. The third kappa shape index (κ3) is 1.32. The number of hydrogen-bond acceptors (Lipinski definition) is 3. The molecule has 3 heteroatoms. The Balaban J connectivity index is 2.15. The lowest BCUT2D eigenvalue weighted by Crippen LogP contribution is -2.12. The Hall–Kier alpha value is -2.03. The number of hydrogen-bond donors (Lipinski definition) is 1. The van der Waals surface area contributed by atoms with Gasteiger partial charge in [-0.1, -0.05) is 6.08 Å². The number of allylic oxidation sites excluding steroid dienone is 3. The van der Waals surface area contributed by atoms with Crippen LogP contribution in [0.4, 0.5) is 5.69 Å². The van der Waals surface area contributed by atoms with Gasteiger partial charge in [-0.3, -0.25) is 0 Å². The molecule has 0 atom stereocenters. The number of aliphatic imine (C=N–C) groups is 1. The summed E-state index contributed by atoms with van der Waals surface area (Å²) in [5.41, 5.74) is 1.60. The van der Waals surface area contributed by atoms with E-state index in [-0.39, 0.29) is 5.75 Å². The average molecular weight is 199 g/mol. The topological polar surface area (TPSA) is 41.8 Å². The first-order valence-electron chi connectivity index (χ1n) is 4.79. The van der Waals surface area contributed by atoms with Crippen molar-refractivity contribution < 1.29 is 9.84 Å². The number of phenolic OH excluding ortho intramolecular Hbond substituents is 1. The van der Waals surface area contributed by atoms with Crippen LogP contribution in [0.15, 0.2) is 47.2 Å². The van der Waals surface area contributed by atoms with Gasteiger partial charge in [0.05, 0.1) is 0 Å². The molecule has 0 unspecified atom stereocenters. The van der Waals surface area contributed by atoms with E-state index in [1.165, 1.54) is 0 Å². The monoisotopic (exact) mass is 199 g/mol. The van der Waals surface area contributed by atoms with E-state index in [1.807, 2.05) is 18.2 Å². The van der Waals surface area contributed by atoms with Crippen molar-refractivity contribution in [3.63, 3.8) is 0 Å². The van der Waals surface area contributed by atoms with Crippen LogP contribution in [-0.2, 0) is 0 Å². The highest BCUT2D eigenvalue weighted by Crippen LogP contribution is 2.37. The van der Waals surface area contributed by atoms with Crippen LogP contribution in [0, 0.1) is 0 Å². The van der Waals surface area contributed by atoms with Crippen LogP contribution in [0.1, 0.15) is 6.42 Å². The fourth-order valence-electron chi connectivity index (χ4n) is 1.65. The van der Waals surface area contributed by atoms with Crippen molar-refractivity contribution in [1.82, 2.24) is 0 Å².